The van der Waals surface area contributed by atoms with Crippen LogP contribution >= 0.6 is 0 Å². The predicted octanol–water partition coefficient (Wildman–Crippen LogP) is 3.30. The maximum absolute atomic E-state index is 13.3. The van der Waals surface area contributed by atoms with Gasteiger partial charge in [0.15, 0.2) is 0 Å². The average Bonchev–Trinajstić information content (AvgIpc) is 3.36. The second-order valence-electron chi connectivity index (χ2n) is 10.7. The number of anilines is 2. The summed E-state index contributed by atoms with van der Waals surface area (Å²) in [6.07, 6.45) is 7.71. The van der Waals surface area contributed by atoms with E-state index < -0.39 is 11.5 Å². The first-order valence-corrected chi connectivity index (χ1v) is 12.9. The van der Waals surface area contributed by atoms with Crippen LogP contribution in [0, 0.1) is 0 Å². The van der Waals surface area contributed by atoms with Gasteiger partial charge in [-0.3, -0.25) is 15.0 Å². The molecule has 1 fully saturated rings. The first-order chi connectivity index (χ1) is 17.9. The molecule has 0 aliphatic heterocycles. The fourth-order valence-electron chi connectivity index (χ4n) is 4.50. The number of hydrogen-bond donors (Lipinski definition) is 5. The lowest BCUT2D eigenvalue weighted by atomic mass is 9.93. The number of amides is 1. The summed E-state index contributed by atoms with van der Waals surface area (Å²) in [5, 5.41) is 38.2. The van der Waals surface area contributed by atoms with Gasteiger partial charge in [0.2, 0.25) is 5.69 Å². The van der Waals surface area contributed by atoms with Crippen LogP contribution in [0.2, 0.25) is 0 Å². The molecule has 3 aromatic rings. The minimum atomic E-state index is -1.10. The highest BCUT2D eigenvalue weighted by Gasteiger charge is 2.27. The standard InChI is InChI=1S/C28H36N6O4/c1-17(2)24-6-5-7-25(34(24)38)27(36)32-23-12-18(14-30-20-8-10-21(35)11-9-20)22(29)13-26(23)33-16-19(15-31-33)28(3,4)37/h5-7,12-17,20-21,29,35-38H,8-11H2,1-4H3/p+1. The molecule has 2 heterocycles. The number of nitrogens with two attached hydrogens (primary N) is 1. The summed E-state index contributed by atoms with van der Waals surface area (Å²) in [6.45, 7) is 7.19. The van der Waals surface area contributed by atoms with Crippen LogP contribution in [0.3, 0.4) is 0 Å². The zero-order valence-corrected chi connectivity index (χ0v) is 22.3. The summed E-state index contributed by atoms with van der Waals surface area (Å²) >= 11 is 0. The maximum Gasteiger partial charge on any atom is 0.325 e. The Labute approximate surface area is 222 Å². The van der Waals surface area contributed by atoms with Crippen molar-refractivity contribution in [2.75, 3.05) is 11.1 Å². The van der Waals surface area contributed by atoms with Gasteiger partial charge in [-0.2, -0.15) is 5.10 Å². The second kappa shape index (κ2) is 10.9. The van der Waals surface area contributed by atoms with Crippen molar-refractivity contribution in [1.29, 1.82) is 0 Å². The first-order valence-electron chi connectivity index (χ1n) is 12.9. The number of aliphatic hydroxyl groups excluding tert-OH is 1. The summed E-state index contributed by atoms with van der Waals surface area (Å²) in [7, 11) is 0. The third kappa shape index (κ3) is 6.03. The molecule has 10 heteroatoms. The van der Waals surface area contributed by atoms with Crippen molar-refractivity contribution in [3.05, 3.63) is 65.2 Å². The summed E-state index contributed by atoms with van der Waals surface area (Å²) in [4.78, 5) is 18.0. The molecule has 0 bridgehead atoms. The van der Waals surface area contributed by atoms with E-state index in [4.69, 9.17) is 5.73 Å². The molecule has 0 spiro atoms. The topological polar surface area (TPSA) is 150 Å². The lowest BCUT2D eigenvalue weighted by Crippen LogP contribution is -2.43. The van der Waals surface area contributed by atoms with Crippen molar-refractivity contribution < 1.29 is 24.9 Å². The molecule has 6 N–H and O–H groups in total. The van der Waals surface area contributed by atoms with E-state index in [-0.39, 0.29) is 23.8 Å². The van der Waals surface area contributed by atoms with Gasteiger partial charge in [0.25, 0.3) is 0 Å². The molecule has 38 heavy (non-hydrogen) atoms. The number of aliphatic hydroxyl groups is 2. The number of nitrogens with zero attached hydrogens (tertiary/aromatic N) is 4. The molecule has 0 saturated heterocycles. The molecule has 0 radical (unpaired) electrons. The quantitative estimate of drug-likeness (QED) is 0.139. The number of hydrogen-bond acceptors (Lipinski definition) is 7. The van der Waals surface area contributed by atoms with Crippen LogP contribution in [0.15, 0.2) is 47.7 Å². The third-order valence-electron chi connectivity index (χ3n) is 6.89. The number of nitrogens with one attached hydrogen (secondary N) is 1. The largest absolute Gasteiger partial charge is 0.398 e. The summed E-state index contributed by atoms with van der Waals surface area (Å²) in [5.41, 5.74) is 8.53. The van der Waals surface area contributed by atoms with E-state index in [9.17, 15) is 20.2 Å². The molecule has 1 aliphatic rings. The molecule has 202 valence electrons. The van der Waals surface area contributed by atoms with Gasteiger partial charge in [-0.15, -0.1) is 0 Å². The highest BCUT2D eigenvalue weighted by molar-refractivity contribution is 6.04. The summed E-state index contributed by atoms with van der Waals surface area (Å²) < 4.78 is 2.44. The van der Waals surface area contributed by atoms with Gasteiger partial charge in [-0.05, 0) is 57.7 Å². The number of aliphatic imine (C=N–C) groups is 1. The van der Waals surface area contributed by atoms with Crippen molar-refractivity contribution in [2.45, 2.75) is 77.0 Å². The third-order valence-corrected chi connectivity index (χ3v) is 6.89. The number of benzene rings is 1. The summed E-state index contributed by atoms with van der Waals surface area (Å²) in [5.74, 6) is -0.507. The van der Waals surface area contributed by atoms with E-state index in [0.717, 1.165) is 30.4 Å². The van der Waals surface area contributed by atoms with Crippen LogP contribution in [0.25, 0.3) is 5.69 Å². The van der Waals surface area contributed by atoms with E-state index >= 15 is 0 Å². The van der Waals surface area contributed by atoms with E-state index in [1.165, 1.54) is 0 Å². The maximum atomic E-state index is 13.3. The zero-order chi connectivity index (χ0) is 27.6. The van der Waals surface area contributed by atoms with Crippen LogP contribution < -0.4 is 15.8 Å². The van der Waals surface area contributed by atoms with Gasteiger partial charge in [-0.1, -0.05) is 13.8 Å². The van der Waals surface area contributed by atoms with Gasteiger partial charge >= 0.3 is 11.6 Å². The monoisotopic (exact) mass is 521 g/mol. The fourth-order valence-corrected chi connectivity index (χ4v) is 4.50. The SMILES string of the molecule is CC(C)c1cccc(C(=O)Nc2cc(C=NC3CCC(O)CC3)c(N)cc2-n2cc(C(C)(C)O)cn2)[n+]1O. The second-order valence-corrected chi connectivity index (χ2v) is 10.7. The minimum absolute atomic E-state index is 0.00730. The van der Waals surface area contributed by atoms with E-state index in [0.29, 0.717) is 33.9 Å². The smallest absolute Gasteiger partial charge is 0.325 e. The molecule has 1 saturated carbocycles. The molecule has 1 amide bonds. The Kier molecular flexibility index (Phi) is 7.84. The number of nitrogen functional groups attached to an aromatic ring is 1. The number of pyridine rings is 1. The normalized spacial score (nSPS) is 18.3. The van der Waals surface area contributed by atoms with E-state index in [1.807, 2.05) is 13.8 Å². The number of aromatic nitrogens is 3. The van der Waals surface area contributed by atoms with E-state index in [2.05, 4.69) is 15.4 Å². The van der Waals surface area contributed by atoms with Crippen LogP contribution in [-0.2, 0) is 5.60 Å². The Hall–Kier alpha value is -3.76. The lowest BCUT2D eigenvalue weighted by Gasteiger charge is -2.22. The molecular weight excluding hydrogens is 484 g/mol. The number of carbonyl (C=O) groups is 1. The van der Waals surface area contributed by atoms with E-state index in [1.54, 1.807) is 67.5 Å². The lowest BCUT2D eigenvalue weighted by molar-refractivity contribution is -0.911. The van der Waals surface area contributed by atoms with Crippen molar-refractivity contribution in [2.24, 2.45) is 4.99 Å². The van der Waals surface area contributed by atoms with Crippen LogP contribution in [0.1, 0.15) is 86.6 Å². The van der Waals surface area contributed by atoms with Gasteiger partial charge in [0.1, 0.15) is 0 Å². The molecular formula is C28H37N6O4+. The Morgan fingerprint density at radius 3 is 2.61 bits per heavy atom. The molecule has 4 rings (SSSR count). The molecule has 0 atom stereocenters. The zero-order valence-electron chi connectivity index (χ0n) is 22.3. The van der Waals surface area contributed by atoms with Crippen LogP contribution in [0.4, 0.5) is 11.4 Å². The Balaban J connectivity index is 1.73. The van der Waals surface area contributed by atoms with Crippen molar-refractivity contribution in [3.8, 4) is 5.69 Å². The first kappa shape index (κ1) is 27.3. The highest BCUT2D eigenvalue weighted by atomic mass is 16.5. The van der Waals surface area contributed by atoms with Crippen LogP contribution in [-0.4, -0.2) is 49.5 Å². The van der Waals surface area contributed by atoms with Gasteiger partial charge in [0.05, 0.1) is 35.3 Å². The highest BCUT2D eigenvalue weighted by Crippen LogP contribution is 2.29. The predicted molar refractivity (Wildman–Crippen MR) is 145 cm³/mol. The van der Waals surface area contributed by atoms with Crippen LogP contribution in [0.5, 0.6) is 0 Å². The molecule has 1 aromatic carbocycles. The Bertz CT molecular complexity index is 1330. The van der Waals surface area contributed by atoms with Gasteiger partial charge in [-0.25, -0.2) is 4.68 Å². The molecule has 0 unspecified atom stereocenters. The summed E-state index contributed by atoms with van der Waals surface area (Å²) in [6, 6.07) is 8.55. The Morgan fingerprint density at radius 1 is 1.26 bits per heavy atom. The van der Waals surface area contributed by atoms with Crippen molar-refractivity contribution in [1.82, 2.24) is 9.78 Å². The average molecular weight is 522 g/mol. The van der Waals surface area contributed by atoms with Gasteiger partial charge < -0.3 is 21.3 Å². The molecule has 1 aliphatic carbocycles. The fraction of sp³-hybridized carbons (Fsp3) is 0.429. The van der Waals surface area contributed by atoms with Gasteiger partial charge in [0, 0.05) is 52.0 Å². The van der Waals surface area contributed by atoms with Crippen molar-refractivity contribution in [3.63, 3.8) is 0 Å². The van der Waals surface area contributed by atoms with Crippen molar-refractivity contribution >= 4 is 23.5 Å². The minimum Gasteiger partial charge on any atom is -0.398 e. The molecule has 2 aromatic heterocycles. The molecule has 10 nitrogen and oxygen atoms in total. The number of carbonyl (C=O) groups excluding carboxylic acids is 1. The Morgan fingerprint density at radius 2 is 1.97 bits per heavy atom. The number of rotatable bonds is 7.